The molecule has 0 fully saturated rings. The summed E-state index contributed by atoms with van der Waals surface area (Å²) >= 11 is 0. The van der Waals surface area contributed by atoms with E-state index in [9.17, 15) is 9.59 Å². The zero-order valence-electron chi connectivity index (χ0n) is 10.6. The van der Waals surface area contributed by atoms with Crippen molar-refractivity contribution in [3.8, 4) is 0 Å². The molecule has 2 radical (unpaired) electrons. The van der Waals surface area contributed by atoms with E-state index in [4.69, 9.17) is 13.6 Å². The average Bonchev–Trinajstić information content (AvgIpc) is 2.38. The van der Waals surface area contributed by atoms with Crippen LogP contribution in [0.2, 0.25) is 0 Å². The first-order chi connectivity index (χ1) is 9.06. The Labute approximate surface area is 111 Å². The summed E-state index contributed by atoms with van der Waals surface area (Å²) in [5.74, 6) is -0.468. The maximum atomic E-state index is 12.0. The molecule has 0 aliphatic heterocycles. The number of aromatic nitrogens is 1. The van der Waals surface area contributed by atoms with Gasteiger partial charge in [0, 0.05) is 17.4 Å². The zero-order valence-corrected chi connectivity index (χ0v) is 10.6. The van der Waals surface area contributed by atoms with Crippen molar-refractivity contribution in [2.75, 3.05) is 12.3 Å². The number of pyridine rings is 1. The number of para-hydroxylation sites is 1. The molecule has 0 unspecified atom stereocenters. The summed E-state index contributed by atoms with van der Waals surface area (Å²) < 4.78 is 0. The third kappa shape index (κ3) is 2.34. The summed E-state index contributed by atoms with van der Waals surface area (Å²) in [7, 11) is 5.77. The number of anilines is 1. The summed E-state index contributed by atoms with van der Waals surface area (Å²) in [6.45, 7) is 2.42. The molecule has 0 saturated heterocycles. The molecule has 5 nitrogen and oxygen atoms in total. The van der Waals surface area contributed by atoms with Gasteiger partial charge in [0.1, 0.15) is 13.4 Å². The number of hydrogen-bond acceptors (Lipinski definition) is 3. The Kier molecular flexibility index (Phi) is 3.60. The summed E-state index contributed by atoms with van der Waals surface area (Å²) in [5.41, 5.74) is 6.36. The van der Waals surface area contributed by atoms with Crippen molar-refractivity contribution < 1.29 is 4.79 Å². The van der Waals surface area contributed by atoms with Crippen molar-refractivity contribution >= 4 is 35.8 Å². The number of H-pyrrole nitrogens is 1. The normalized spacial score (nSPS) is 10.6. The highest BCUT2D eigenvalue weighted by Gasteiger charge is 2.17. The molecule has 0 aliphatic rings. The maximum Gasteiger partial charge on any atom is 0.263 e. The average molecular weight is 255 g/mol. The second-order valence-electron chi connectivity index (χ2n) is 4.27. The van der Waals surface area contributed by atoms with E-state index >= 15 is 0 Å². The van der Waals surface area contributed by atoms with Gasteiger partial charge in [-0.15, -0.1) is 0 Å². The monoisotopic (exact) mass is 255 g/mol. The third-order valence-corrected chi connectivity index (χ3v) is 2.88. The van der Waals surface area contributed by atoms with E-state index in [1.807, 2.05) is 6.92 Å². The minimum absolute atomic E-state index is 0.0634. The standard InChI is InChI=1S/C13H14BN3O2/c1-2-6-16-12(18)9-10(15)7-4-3-5-8(14)11(7)17-13(9)19/h3-5H,2,6H2,1H3,(H,16,18)(H3,15,17,19). The molecule has 4 N–H and O–H groups in total. The fraction of sp³-hybridized carbons (Fsp3) is 0.231. The molecular weight excluding hydrogens is 241 g/mol. The lowest BCUT2D eigenvalue weighted by molar-refractivity contribution is 0.0953. The van der Waals surface area contributed by atoms with E-state index in [0.29, 0.717) is 22.9 Å². The second-order valence-corrected chi connectivity index (χ2v) is 4.27. The lowest BCUT2D eigenvalue weighted by Gasteiger charge is -2.10. The minimum atomic E-state index is -0.531. The van der Waals surface area contributed by atoms with Crippen LogP contribution >= 0.6 is 0 Å². The minimum Gasteiger partial charge on any atom is -0.397 e. The van der Waals surface area contributed by atoms with Crippen LogP contribution in [0.15, 0.2) is 23.0 Å². The molecule has 1 heterocycles. The van der Waals surface area contributed by atoms with Crippen molar-refractivity contribution in [2.45, 2.75) is 13.3 Å². The first-order valence-electron chi connectivity index (χ1n) is 6.04. The number of amides is 1. The zero-order chi connectivity index (χ0) is 14.0. The Morgan fingerprint density at radius 3 is 2.89 bits per heavy atom. The molecular formula is C13H14BN3O2. The van der Waals surface area contributed by atoms with Crippen LogP contribution in [0.1, 0.15) is 23.7 Å². The van der Waals surface area contributed by atoms with Crippen molar-refractivity contribution in [1.29, 1.82) is 0 Å². The number of carbonyl (C=O) groups excluding carboxylic acids is 1. The molecule has 0 saturated carbocycles. The fourth-order valence-electron chi connectivity index (χ4n) is 1.92. The van der Waals surface area contributed by atoms with Gasteiger partial charge in [0.05, 0.1) is 5.69 Å². The molecule has 0 spiro atoms. The molecule has 1 aromatic heterocycles. The predicted octanol–water partition coefficient (Wildman–Crippen LogP) is 0.0439. The van der Waals surface area contributed by atoms with Crippen LogP contribution in [-0.2, 0) is 0 Å². The van der Waals surface area contributed by atoms with E-state index in [-0.39, 0.29) is 11.3 Å². The number of carbonyl (C=O) groups is 1. The van der Waals surface area contributed by atoms with Gasteiger partial charge in [-0.3, -0.25) is 9.59 Å². The van der Waals surface area contributed by atoms with Crippen LogP contribution in [0.3, 0.4) is 0 Å². The van der Waals surface area contributed by atoms with E-state index in [2.05, 4.69) is 10.3 Å². The second kappa shape index (κ2) is 5.18. The number of nitrogens with one attached hydrogen (secondary N) is 2. The first-order valence-corrected chi connectivity index (χ1v) is 6.04. The van der Waals surface area contributed by atoms with Gasteiger partial charge in [-0.25, -0.2) is 0 Å². The van der Waals surface area contributed by atoms with E-state index in [1.54, 1.807) is 18.2 Å². The van der Waals surface area contributed by atoms with Crippen LogP contribution in [0.25, 0.3) is 10.9 Å². The summed E-state index contributed by atoms with van der Waals surface area (Å²) in [6, 6.07) is 5.10. The van der Waals surface area contributed by atoms with Gasteiger partial charge in [-0.2, -0.15) is 0 Å². The maximum absolute atomic E-state index is 12.0. The lowest BCUT2D eigenvalue weighted by Crippen LogP contribution is -2.32. The third-order valence-electron chi connectivity index (χ3n) is 2.88. The van der Waals surface area contributed by atoms with Crippen molar-refractivity contribution in [3.63, 3.8) is 0 Å². The van der Waals surface area contributed by atoms with Gasteiger partial charge in [-0.1, -0.05) is 30.6 Å². The number of nitrogen functional groups attached to an aromatic ring is 1. The number of benzene rings is 1. The van der Waals surface area contributed by atoms with Crippen LogP contribution in [0, 0.1) is 0 Å². The Balaban J connectivity index is 2.63. The van der Waals surface area contributed by atoms with E-state index in [1.165, 1.54) is 0 Å². The smallest absolute Gasteiger partial charge is 0.263 e. The molecule has 2 rings (SSSR count). The highest BCUT2D eigenvalue weighted by Crippen LogP contribution is 2.18. The van der Waals surface area contributed by atoms with Gasteiger partial charge in [0.15, 0.2) is 0 Å². The summed E-state index contributed by atoms with van der Waals surface area (Å²) in [5, 5.41) is 3.21. The molecule has 96 valence electrons. The number of fused-ring (bicyclic) bond motifs is 1. The molecule has 1 amide bonds. The van der Waals surface area contributed by atoms with Crippen LogP contribution in [0.4, 0.5) is 5.69 Å². The van der Waals surface area contributed by atoms with Gasteiger partial charge in [0.2, 0.25) is 0 Å². The van der Waals surface area contributed by atoms with Crippen LogP contribution < -0.4 is 22.1 Å². The molecule has 6 heteroatoms. The Morgan fingerprint density at radius 1 is 1.47 bits per heavy atom. The van der Waals surface area contributed by atoms with Gasteiger partial charge in [0.25, 0.3) is 11.5 Å². The molecule has 0 aliphatic carbocycles. The highest BCUT2D eigenvalue weighted by atomic mass is 16.2. The number of aromatic amines is 1. The SMILES string of the molecule is [B]c1cccc2c(N)c(C(=O)NCCC)c(=O)[nH]c12. The van der Waals surface area contributed by atoms with E-state index < -0.39 is 11.5 Å². The van der Waals surface area contributed by atoms with Crippen molar-refractivity contribution in [2.24, 2.45) is 0 Å². The topological polar surface area (TPSA) is 88.0 Å². The van der Waals surface area contributed by atoms with Gasteiger partial charge < -0.3 is 16.0 Å². The number of hydrogen-bond donors (Lipinski definition) is 3. The lowest BCUT2D eigenvalue weighted by atomic mass is 9.92. The van der Waals surface area contributed by atoms with Gasteiger partial charge in [-0.05, 0) is 6.42 Å². The largest absolute Gasteiger partial charge is 0.397 e. The number of rotatable bonds is 3. The molecule has 1 aromatic carbocycles. The molecule has 19 heavy (non-hydrogen) atoms. The Morgan fingerprint density at radius 2 is 2.21 bits per heavy atom. The molecule has 0 atom stereocenters. The summed E-state index contributed by atoms with van der Waals surface area (Å²) in [6.07, 6.45) is 0.782. The van der Waals surface area contributed by atoms with Crippen molar-refractivity contribution in [1.82, 2.24) is 10.3 Å². The Bertz CT molecular complexity index is 694. The first kappa shape index (κ1) is 13.2. The van der Waals surface area contributed by atoms with Crippen molar-refractivity contribution in [3.05, 3.63) is 34.1 Å². The fourth-order valence-corrected chi connectivity index (χ4v) is 1.92. The highest BCUT2D eigenvalue weighted by molar-refractivity contribution is 6.38. The quantitative estimate of drug-likeness (QED) is 0.677. The van der Waals surface area contributed by atoms with E-state index in [0.717, 1.165) is 6.42 Å². The predicted molar refractivity (Wildman–Crippen MR) is 77.0 cm³/mol. The molecule has 2 aromatic rings. The molecule has 0 bridgehead atoms. The van der Waals surface area contributed by atoms with Crippen LogP contribution in [0.5, 0.6) is 0 Å². The van der Waals surface area contributed by atoms with Crippen LogP contribution in [-0.4, -0.2) is 25.3 Å². The number of nitrogens with two attached hydrogens (primary N) is 1. The summed E-state index contributed by atoms with van der Waals surface area (Å²) in [4.78, 5) is 26.5. The van der Waals surface area contributed by atoms with Gasteiger partial charge >= 0.3 is 0 Å². The Hall–Kier alpha value is -2.24.